The smallest absolute Gasteiger partial charge is 0.232 e. The van der Waals surface area contributed by atoms with E-state index in [1.165, 1.54) is 6.21 Å². The highest BCUT2D eigenvalue weighted by molar-refractivity contribution is 7.81. The fourth-order valence-electron chi connectivity index (χ4n) is 0.160. The summed E-state index contributed by atoms with van der Waals surface area (Å²) in [6, 6.07) is 0. The first kappa shape index (κ1) is 6.69. The molecule has 0 rings (SSSR count). The molecule has 0 aromatic heterocycles. The fraction of sp³-hybridized carbons (Fsp3) is 0.500. The van der Waals surface area contributed by atoms with Gasteiger partial charge in [-0.3, -0.25) is 4.79 Å². The Bertz CT molecular complexity index is 79.8. The van der Waals surface area contributed by atoms with Gasteiger partial charge in [0.25, 0.3) is 0 Å². The van der Waals surface area contributed by atoms with E-state index in [4.69, 9.17) is 0 Å². The van der Waals surface area contributed by atoms with Gasteiger partial charge in [0.1, 0.15) is 0 Å². The lowest BCUT2D eigenvalue weighted by Crippen LogP contribution is -1.89. The van der Waals surface area contributed by atoms with E-state index in [-0.39, 0.29) is 5.25 Å². The third-order valence-corrected chi connectivity index (χ3v) is 0.496. The molecule has 0 aliphatic carbocycles. The molecule has 0 fully saturated rings. The van der Waals surface area contributed by atoms with Crippen LogP contribution in [-0.4, -0.2) is 17.9 Å². The van der Waals surface area contributed by atoms with Crippen LogP contribution in [0.1, 0.15) is 6.92 Å². The highest BCUT2D eigenvalue weighted by Gasteiger charge is 1.80. The zero-order valence-electron chi connectivity index (χ0n) is 4.03. The molecule has 0 aliphatic rings. The number of hydrogen-bond donors (Lipinski definition) is 1. The summed E-state index contributed by atoms with van der Waals surface area (Å²) in [6.45, 7) is 1.83. The molecule has 1 atom stereocenters. The Morgan fingerprint density at radius 1 is 1.86 bits per heavy atom. The lowest BCUT2D eigenvalue weighted by molar-refractivity contribution is -0.106. The minimum atomic E-state index is 0.0743. The molecule has 0 spiro atoms. The maximum Gasteiger partial charge on any atom is 0.232 e. The van der Waals surface area contributed by atoms with Crippen molar-refractivity contribution in [2.75, 3.05) is 0 Å². The van der Waals surface area contributed by atoms with Crippen LogP contribution in [0.3, 0.4) is 0 Å². The first-order chi connectivity index (χ1) is 3.27. The molecule has 0 aliphatic heterocycles. The van der Waals surface area contributed by atoms with E-state index >= 15 is 0 Å². The molecule has 3 heteroatoms. The molecular weight excluding hydrogens is 110 g/mol. The van der Waals surface area contributed by atoms with E-state index in [0.29, 0.717) is 6.41 Å². The summed E-state index contributed by atoms with van der Waals surface area (Å²) in [5.74, 6) is 0. The van der Waals surface area contributed by atoms with Crippen LogP contribution in [0, 0.1) is 0 Å². The SMILES string of the molecule is C[C@H](S)/C=N/C=O. The molecule has 40 valence electrons. The van der Waals surface area contributed by atoms with Gasteiger partial charge >= 0.3 is 0 Å². The van der Waals surface area contributed by atoms with Crippen LogP contribution in [-0.2, 0) is 4.79 Å². The second-order valence-electron chi connectivity index (χ2n) is 1.14. The Morgan fingerprint density at radius 2 is 2.43 bits per heavy atom. The van der Waals surface area contributed by atoms with Gasteiger partial charge < -0.3 is 0 Å². The van der Waals surface area contributed by atoms with E-state index in [1.807, 2.05) is 6.92 Å². The molecule has 0 aromatic rings. The standard InChI is InChI=1S/C4H7NOS/c1-4(7)2-5-3-6/h2-4,7H,1H3/b5-2+/t4-/m0/s1. The van der Waals surface area contributed by atoms with Gasteiger partial charge in [-0.05, 0) is 6.92 Å². The van der Waals surface area contributed by atoms with Crippen molar-refractivity contribution in [3.63, 3.8) is 0 Å². The highest BCUT2D eigenvalue weighted by Crippen LogP contribution is 1.84. The largest absolute Gasteiger partial charge is 0.276 e. The van der Waals surface area contributed by atoms with Gasteiger partial charge in [-0.25, -0.2) is 4.99 Å². The van der Waals surface area contributed by atoms with Crippen molar-refractivity contribution >= 4 is 25.3 Å². The van der Waals surface area contributed by atoms with Gasteiger partial charge in [0, 0.05) is 11.5 Å². The number of aliphatic imine (C=N–C) groups is 1. The molecule has 1 amide bonds. The third kappa shape index (κ3) is 5.69. The van der Waals surface area contributed by atoms with E-state index < -0.39 is 0 Å². The Hall–Kier alpha value is -0.310. The average Bonchev–Trinajstić information content (AvgIpc) is 1.61. The van der Waals surface area contributed by atoms with Crippen LogP contribution in [0.5, 0.6) is 0 Å². The van der Waals surface area contributed by atoms with Crippen molar-refractivity contribution in [2.45, 2.75) is 12.2 Å². The molecule has 0 saturated carbocycles. The molecule has 0 saturated heterocycles. The zero-order valence-corrected chi connectivity index (χ0v) is 4.93. The van der Waals surface area contributed by atoms with E-state index in [0.717, 1.165) is 0 Å². The second kappa shape index (κ2) is 3.87. The van der Waals surface area contributed by atoms with Gasteiger partial charge in [0.15, 0.2) is 0 Å². The van der Waals surface area contributed by atoms with Crippen LogP contribution in [0.4, 0.5) is 0 Å². The number of nitrogens with zero attached hydrogens (tertiary/aromatic N) is 1. The molecule has 2 nitrogen and oxygen atoms in total. The monoisotopic (exact) mass is 117 g/mol. The summed E-state index contributed by atoms with van der Waals surface area (Å²) < 4.78 is 0. The topological polar surface area (TPSA) is 29.4 Å². The van der Waals surface area contributed by atoms with Gasteiger partial charge in [0.2, 0.25) is 6.41 Å². The molecule has 0 unspecified atom stereocenters. The number of amides is 1. The van der Waals surface area contributed by atoms with Gasteiger partial charge in [-0.15, -0.1) is 0 Å². The lowest BCUT2D eigenvalue weighted by atomic mass is 10.5. The predicted octanol–water partition coefficient (Wildman–Crippen LogP) is 0.532. The predicted molar refractivity (Wildman–Crippen MR) is 33.0 cm³/mol. The van der Waals surface area contributed by atoms with Crippen LogP contribution in [0.25, 0.3) is 0 Å². The van der Waals surface area contributed by atoms with Gasteiger partial charge in [-0.2, -0.15) is 12.6 Å². The number of carbonyl (C=O) groups is 1. The van der Waals surface area contributed by atoms with Crippen molar-refractivity contribution in [3.05, 3.63) is 0 Å². The number of rotatable bonds is 2. The van der Waals surface area contributed by atoms with Gasteiger partial charge in [-0.1, -0.05) is 0 Å². The van der Waals surface area contributed by atoms with Crippen molar-refractivity contribution < 1.29 is 4.79 Å². The second-order valence-corrected chi connectivity index (χ2v) is 1.96. The van der Waals surface area contributed by atoms with E-state index in [1.54, 1.807) is 0 Å². The zero-order chi connectivity index (χ0) is 5.70. The Balaban J connectivity index is 3.25. The minimum absolute atomic E-state index is 0.0743. The Labute approximate surface area is 48.0 Å². The third-order valence-electron chi connectivity index (χ3n) is 0.363. The van der Waals surface area contributed by atoms with Crippen molar-refractivity contribution in [3.8, 4) is 0 Å². The Morgan fingerprint density at radius 3 is 2.57 bits per heavy atom. The molecule has 7 heavy (non-hydrogen) atoms. The van der Waals surface area contributed by atoms with Gasteiger partial charge in [0.05, 0.1) is 0 Å². The highest BCUT2D eigenvalue weighted by atomic mass is 32.1. The molecule has 0 N–H and O–H groups in total. The maximum absolute atomic E-state index is 9.48. The first-order valence-corrected chi connectivity index (χ1v) is 2.44. The molecule has 0 aromatic carbocycles. The Kier molecular flexibility index (Phi) is 3.69. The summed E-state index contributed by atoms with van der Waals surface area (Å²) in [6.07, 6.45) is 1.96. The van der Waals surface area contributed by atoms with Crippen molar-refractivity contribution in [1.29, 1.82) is 0 Å². The van der Waals surface area contributed by atoms with Crippen LogP contribution in [0.2, 0.25) is 0 Å². The first-order valence-electron chi connectivity index (χ1n) is 1.92. The molecule has 0 heterocycles. The van der Waals surface area contributed by atoms with Crippen molar-refractivity contribution in [2.24, 2.45) is 4.99 Å². The summed E-state index contributed by atoms with van der Waals surface area (Å²) in [5.41, 5.74) is 0. The fourth-order valence-corrected chi connectivity index (χ4v) is 0.237. The molecule has 0 radical (unpaired) electrons. The number of carbonyl (C=O) groups excluding carboxylic acids is 1. The van der Waals surface area contributed by atoms with E-state index in [2.05, 4.69) is 17.6 Å². The summed E-state index contributed by atoms with van der Waals surface area (Å²) >= 11 is 3.92. The minimum Gasteiger partial charge on any atom is -0.276 e. The van der Waals surface area contributed by atoms with Crippen LogP contribution < -0.4 is 0 Å². The molecular formula is C4H7NOS. The van der Waals surface area contributed by atoms with Crippen LogP contribution in [0.15, 0.2) is 4.99 Å². The summed E-state index contributed by atoms with van der Waals surface area (Å²) in [5, 5.41) is 0.0743. The van der Waals surface area contributed by atoms with Crippen LogP contribution >= 0.6 is 12.6 Å². The maximum atomic E-state index is 9.48. The van der Waals surface area contributed by atoms with Crippen molar-refractivity contribution in [1.82, 2.24) is 0 Å². The quantitative estimate of drug-likeness (QED) is 0.319. The van der Waals surface area contributed by atoms with E-state index in [9.17, 15) is 4.79 Å². The average molecular weight is 117 g/mol. The normalized spacial score (nSPS) is 14.6. The number of thiol groups is 1. The summed E-state index contributed by atoms with van der Waals surface area (Å²) in [7, 11) is 0. The summed E-state index contributed by atoms with van der Waals surface area (Å²) in [4.78, 5) is 12.8. The number of hydrogen-bond acceptors (Lipinski definition) is 2. The lowest BCUT2D eigenvalue weighted by Gasteiger charge is -1.84. The molecule has 0 bridgehead atoms.